The smallest absolute Gasteiger partial charge is 0.274 e. The summed E-state index contributed by atoms with van der Waals surface area (Å²) in [7, 11) is 0. The Hall–Kier alpha value is -3.99. The Balaban J connectivity index is 1.50. The van der Waals surface area contributed by atoms with E-state index >= 15 is 0 Å². The molecule has 1 aliphatic carbocycles. The number of carbonyl (C=O) groups is 1. The van der Waals surface area contributed by atoms with Crippen molar-refractivity contribution in [2.24, 2.45) is 5.73 Å². The first kappa shape index (κ1) is 21.8. The second-order valence-electron chi connectivity index (χ2n) is 8.47. The molecule has 1 saturated carbocycles. The number of hydrogen-bond donors (Lipinski definition) is 4. The Morgan fingerprint density at radius 3 is 2.71 bits per heavy atom. The Morgan fingerprint density at radius 1 is 1.15 bits per heavy atom. The van der Waals surface area contributed by atoms with Gasteiger partial charge in [0.15, 0.2) is 11.6 Å². The second kappa shape index (κ2) is 9.10. The summed E-state index contributed by atoms with van der Waals surface area (Å²) < 4.78 is 20.7. The van der Waals surface area contributed by atoms with E-state index in [1.54, 1.807) is 25.1 Å². The Labute approximate surface area is 194 Å². The van der Waals surface area contributed by atoms with Crippen LogP contribution >= 0.6 is 0 Å². The van der Waals surface area contributed by atoms with Crippen molar-refractivity contribution < 1.29 is 13.7 Å². The lowest BCUT2D eigenvalue weighted by Crippen LogP contribution is -2.33. The zero-order valence-electron chi connectivity index (χ0n) is 18.6. The van der Waals surface area contributed by atoms with E-state index in [0.717, 1.165) is 31.9 Å². The number of rotatable bonds is 6. The lowest BCUT2D eigenvalue weighted by molar-refractivity contribution is 0.102. The predicted octanol–water partition coefficient (Wildman–Crippen LogP) is 3.84. The summed E-state index contributed by atoms with van der Waals surface area (Å²) in [6, 6.07) is 8.91. The van der Waals surface area contributed by atoms with E-state index in [2.05, 4.69) is 31.2 Å². The monoisotopic (exact) mass is 464 g/mol. The topological polar surface area (TPSA) is 135 Å². The van der Waals surface area contributed by atoms with Gasteiger partial charge in [0.05, 0.1) is 23.1 Å². The molecule has 0 aromatic carbocycles. The number of carbonyl (C=O) groups excluding carboxylic acids is 1. The first-order chi connectivity index (χ1) is 16.5. The average molecular weight is 465 g/mol. The van der Waals surface area contributed by atoms with Gasteiger partial charge in [0.25, 0.3) is 5.91 Å². The molecular weight excluding hydrogens is 439 g/mol. The third-order valence-electron chi connectivity index (χ3n) is 5.89. The number of nitrogens with zero attached hydrogens (tertiary/aromatic N) is 4. The summed E-state index contributed by atoms with van der Waals surface area (Å²) >= 11 is 0. The fraction of sp³-hybridized carbons (Fsp3) is 0.304. The number of aromatic nitrogens is 4. The summed E-state index contributed by atoms with van der Waals surface area (Å²) in [5.74, 6) is 0.675. The van der Waals surface area contributed by atoms with Gasteiger partial charge in [0.1, 0.15) is 17.3 Å². The molecular formula is C23H25FN8O2. The normalized spacial score (nSPS) is 18.1. The van der Waals surface area contributed by atoms with Gasteiger partial charge in [-0.05, 0) is 50.8 Å². The molecule has 1 fully saturated rings. The maximum Gasteiger partial charge on any atom is 0.274 e. The predicted molar refractivity (Wildman–Crippen MR) is 126 cm³/mol. The number of aryl methyl sites for hydroxylation is 1. The average Bonchev–Trinajstić information content (AvgIpc) is 3.43. The molecule has 1 amide bonds. The van der Waals surface area contributed by atoms with E-state index in [1.807, 2.05) is 6.07 Å². The Bertz CT molecular complexity index is 1330. The van der Waals surface area contributed by atoms with E-state index in [9.17, 15) is 9.18 Å². The highest BCUT2D eigenvalue weighted by Crippen LogP contribution is 2.28. The van der Waals surface area contributed by atoms with Crippen molar-refractivity contribution >= 4 is 34.4 Å². The molecule has 1 aliphatic rings. The van der Waals surface area contributed by atoms with Crippen LogP contribution in [0, 0.1) is 12.7 Å². The molecule has 4 aromatic rings. The minimum Gasteiger partial charge on any atom is -0.366 e. The number of halogens is 1. The first-order valence-corrected chi connectivity index (χ1v) is 11.1. The summed E-state index contributed by atoms with van der Waals surface area (Å²) in [6.07, 6.45) is 6.21. The van der Waals surface area contributed by atoms with Gasteiger partial charge in [-0.2, -0.15) is 0 Å². The van der Waals surface area contributed by atoms with E-state index in [4.69, 9.17) is 10.3 Å². The van der Waals surface area contributed by atoms with Crippen LogP contribution in [0.1, 0.15) is 41.9 Å². The maximum absolute atomic E-state index is 14.0. The number of nitrogens with two attached hydrogens (primary N) is 1. The number of hydrogen-bond acceptors (Lipinski definition) is 8. The van der Waals surface area contributed by atoms with Crippen molar-refractivity contribution in [3.8, 4) is 0 Å². The van der Waals surface area contributed by atoms with Crippen LogP contribution in [0.4, 0.5) is 27.4 Å². The largest absolute Gasteiger partial charge is 0.366 e. The number of nitrogens with one attached hydrogen (secondary N) is 3. The molecule has 0 unspecified atom stereocenters. The van der Waals surface area contributed by atoms with Gasteiger partial charge in [-0.25, -0.2) is 8.91 Å². The van der Waals surface area contributed by atoms with Gasteiger partial charge in [0, 0.05) is 30.4 Å². The molecule has 0 bridgehead atoms. The second-order valence-corrected chi connectivity index (χ2v) is 8.47. The van der Waals surface area contributed by atoms with Crippen LogP contribution in [-0.2, 0) is 0 Å². The molecule has 5 N–H and O–H groups in total. The molecule has 4 heterocycles. The molecule has 34 heavy (non-hydrogen) atoms. The summed E-state index contributed by atoms with van der Waals surface area (Å²) in [6.45, 7) is 1.80. The zero-order chi connectivity index (χ0) is 23.7. The highest BCUT2D eigenvalue weighted by molar-refractivity contribution is 6.04. The fourth-order valence-electron chi connectivity index (χ4n) is 4.13. The molecule has 0 radical (unpaired) electrons. The zero-order valence-corrected chi connectivity index (χ0v) is 18.6. The molecule has 0 aliphatic heterocycles. The Morgan fingerprint density at radius 2 is 1.97 bits per heavy atom. The minimum absolute atomic E-state index is 0.0409. The molecule has 0 atom stereocenters. The van der Waals surface area contributed by atoms with Gasteiger partial charge in [0.2, 0.25) is 0 Å². The third-order valence-corrected chi connectivity index (χ3v) is 5.89. The lowest BCUT2D eigenvalue weighted by Gasteiger charge is -2.27. The highest BCUT2D eigenvalue weighted by atomic mass is 19.1. The van der Waals surface area contributed by atoms with Crippen LogP contribution in [0.3, 0.4) is 0 Å². The van der Waals surface area contributed by atoms with Crippen LogP contribution in [-0.4, -0.2) is 37.7 Å². The van der Waals surface area contributed by atoms with Gasteiger partial charge in [-0.1, -0.05) is 5.16 Å². The minimum atomic E-state index is -0.619. The third kappa shape index (κ3) is 4.55. The van der Waals surface area contributed by atoms with E-state index in [0.29, 0.717) is 28.6 Å². The molecule has 11 heteroatoms. The van der Waals surface area contributed by atoms with Crippen LogP contribution in [0.2, 0.25) is 0 Å². The number of fused-ring (bicyclic) bond motifs is 1. The molecule has 5 rings (SSSR count). The lowest BCUT2D eigenvalue weighted by atomic mass is 9.92. The summed E-state index contributed by atoms with van der Waals surface area (Å²) in [4.78, 5) is 16.7. The Kier molecular flexibility index (Phi) is 5.84. The molecule has 4 aromatic heterocycles. The summed E-state index contributed by atoms with van der Waals surface area (Å²) in [5, 5.41) is 18.0. The molecule has 0 spiro atoms. The van der Waals surface area contributed by atoms with E-state index in [1.165, 1.54) is 16.8 Å². The van der Waals surface area contributed by atoms with Gasteiger partial charge >= 0.3 is 0 Å². The number of amides is 1. The van der Waals surface area contributed by atoms with Gasteiger partial charge in [-0.15, -0.1) is 5.10 Å². The molecule has 0 saturated heterocycles. The van der Waals surface area contributed by atoms with Crippen molar-refractivity contribution in [1.29, 1.82) is 0 Å². The highest BCUT2D eigenvalue weighted by Gasteiger charge is 2.21. The standard InChI is InChI=1S/C23H25FN8O2/c1-13-10-22(31-34-13)28-18-11-21(27-15-4-2-14(25)3-5-15)30-32-19(18)6-7-20(32)23(33)29-17-8-9-26-12-16(17)24/h6-12,14-15H,2-5,25H2,1H3,(H,27,30)(H,28,31)(H,26,29,33). The maximum atomic E-state index is 14.0. The van der Waals surface area contributed by atoms with Crippen molar-refractivity contribution in [3.63, 3.8) is 0 Å². The van der Waals surface area contributed by atoms with Crippen LogP contribution in [0.25, 0.3) is 5.52 Å². The fourth-order valence-corrected chi connectivity index (χ4v) is 4.13. The first-order valence-electron chi connectivity index (χ1n) is 11.1. The van der Waals surface area contributed by atoms with E-state index in [-0.39, 0.29) is 23.5 Å². The SMILES string of the molecule is Cc1cc(Nc2cc(NC3CCC(N)CC3)nn3c(C(=O)Nc4ccncc4F)ccc23)no1. The van der Waals surface area contributed by atoms with Crippen LogP contribution < -0.4 is 21.7 Å². The van der Waals surface area contributed by atoms with Crippen LogP contribution in [0.15, 0.2) is 47.2 Å². The van der Waals surface area contributed by atoms with E-state index < -0.39 is 11.7 Å². The van der Waals surface area contributed by atoms with Crippen molar-refractivity contribution in [2.75, 3.05) is 16.0 Å². The van der Waals surface area contributed by atoms with Crippen LogP contribution in [0.5, 0.6) is 0 Å². The van der Waals surface area contributed by atoms with Crippen molar-refractivity contribution in [1.82, 2.24) is 19.8 Å². The summed E-state index contributed by atoms with van der Waals surface area (Å²) in [5.41, 5.74) is 7.67. The van der Waals surface area contributed by atoms with Crippen molar-refractivity contribution in [3.05, 3.63) is 60.0 Å². The molecule has 10 nitrogen and oxygen atoms in total. The molecule has 176 valence electrons. The van der Waals surface area contributed by atoms with Crippen molar-refractivity contribution in [2.45, 2.75) is 44.7 Å². The van der Waals surface area contributed by atoms with Gasteiger partial charge < -0.3 is 26.2 Å². The quantitative estimate of drug-likeness (QED) is 0.338. The van der Waals surface area contributed by atoms with Gasteiger partial charge in [-0.3, -0.25) is 9.78 Å². The number of anilines is 4. The number of pyridine rings is 1.